The molecule has 0 saturated carbocycles. The van der Waals surface area contributed by atoms with E-state index in [-0.39, 0.29) is 0 Å². The van der Waals surface area contributed by atoms with Crippen molar-refractivity contribution in [2.75, 3.05) is 44.2 Å². The highest BCUT2D eigenvalue weighted by Gasteiger charge is 2.24. The van der Waals surface area contributed by atoms with Crippen LogP contribution in [0.15, 0.2) is 18.2 Å². The largest absolute Gasteiger partial charge is 0.379 e. The Balaban J connectivity index is 1.58. The predicted octanol–water partition coefficient (Wildman–Crippen LogP) is 2.23. The fourth-order valence-electron chi connectivity index (χ4n) is 3.44. The second kappa shape index (κ2) is 7.44. The zero-order valence-corrected chi connectivity index (χ0v) is 14.0. The molecular weight excluding hydrogens is 274 g/mol. The molecule has 1 saturated heterocycles. The summed E-state index contributed by atoms with van der Waals surface area (Å²) in [6.45, 7) is 12.8. The van der Waals surface area contributed by atoms with E-state index in [0.717, 1.165) is 58.8 Å². The minimum Gasteiger partial charge on any atom is -0.379 e. The van der Waals surface area contributed by atoms with Gasteiger partial charge in [-0.3, -0.25) is 4.90 Å². The first-order valence-electron chi connectivity index (χ1n) is 8.64. The van der Waals surface area contributed by atoms with Gasteiger partial charge in [0.1, 0.15) is 0 Å². The number of hydrogen-bond donors (Lipinski definition) is 1. The zero-order valence-electron chi connectivity index (χ0n) is 14.0. The van der Waals surface area contributed by atoms with Crippen molar-refractivity contribution in [1.82, 2.24) is 10.2 Å². The molecule has 1 aromatic carbocycles. The van der Waals surface area contributed by atoms with Gasteiger partial charge in [-0.2, -0.15) is 0 Å². The summed E-state index contributed by atoms with van der Waals surface area (Å²) in [4.78, 5) is 5.10. The Hall–Kier alpha value is -1.10. The van der Waals surface area contributed by atoms with Crippen molar-refractivity contribution in [2.24, 2.45) is 0 Å². The minimum absolute atomic E-state index is 0.343. The summed E-state index contributed by atoms with van der Waals surface area (Å²) in [5.74, 6) is 0. The highest BCUT2D eigenvalue weighted by Crippen LogP contribution is 2.31. The summed E-state index contributed by atoms with van der Waals surface area (Å²) in [5, 5.41) is 3.44. The lowest BCUT2D eigenvalue weighted by Gasteiger charge is -2.31. The van der Waals surface area contributed by atoms with Gasteiger partial charge in [0.2, 0.25) is 0 Å². The van der Waals surface area contributed by atoms with Crippen LogP contribution in [-0.2, 0) is 17.8 Å². The molecule has 0 spiro atoms. The van der Waals surface area contributed by atoms with E-state index in [2.05, 4.69) is 47.2 Å². The molecule has 0 aromatic heterocycles. The summed E-state index contributed by atoms with van der Waals surface area (Å²) in [6.07, 6.45) is 1.46. The van der Waals surface area contributed by atoms with E-state index in [1.54, 1.807) is 5.56 Å². The molecule has 3 rings (SSSR count). The summed E-state index contributed by atoms with van der Waals surface area (Å²) < 4.78 is 5.66. The number of piperazine rings is 1. The number of fused-ring (bicyclic) bond motifs is 1. The monoisotopic (exact) mass is 303 g/mol. The fraction of sp³-hybridized carbons (Fsp3) is 0.667. The van der Waals surface area contributed by atoms with Gasteiger partial charge in [-0.05, 0) is 37.5 Å². The van der Waals surface area contributed by atoms with Crippen molar-refractivity contribution in [3.63, 3.8) is 0 Å². The second-order valence-corrected chi connectivity index (χ2v) is 6.64. The molecule has 0 unspecified atom stereocenters. The van der Waals surface area contributed by atoms with Crippen molar-refractivity contribution in [3.8, 4) is 0 Å². The van der Waals surface area contributed by atoms with Crippen LogP contribution in [0.3, 0.4) is 0 Å². The third kappa shape index (κ3) is 3.80. The van der Waals surface area contributed by atoms with Crippen LogP contribution in [0.5, 0.6) is 0 Å². The maximum Gasteiger partial charge on any atom is 0.0518 e. The summed E-state index contributed by atoms with van der Waals surface area (Å²) >= 11 is 0. The second-order valence-electron chi connectivity index (χ2n) is 6.64. The SMILES string of the molecule is CC(C)OCCCN1Cc2cccc(N3CCNCC3)c2C1. The van der Waals surface area contributed by atoms with Crippen LogP contribution in [0, 0.1) is 0 Å². The lowest BCUT2D eigenvalue weighted by Crippen LogP contribution is -2.43. The van der Waals surface area contributed by atoms with Gasteiger partial charge >= 0.3 is 0 Å². The lowest BCUT2D eigenvalue weighted by atomic mass is 10.1. The van der Waals surface area contributed by atoms with Crippen LogP contribution in [0.4, 0.5) is 5.69 Å². The Morgan fingerprint density at radius 1 is 1.18 bits per heavy atom. The van der Waals surface area contributed by atoms with Gasteiger partial charge in [0.25, 0.3) is 0 Å². The lowest BCUT2D eigenvalue weighted by molar-refractivity contribution is 0.0703. The molecule has 0 atom stereocenters. The van der Waals surface area contributed by atoms with Crippen molar-refractivity contribution < 1.29 is 4.74 Å². The van der Waals surface area contributed by atoms with E-state index in [0.29, 0.717) is 6.10 Å². The molecule has 2 heterocycles. The van der Waals surface area contributed by atoms with E-state index in [1.807, 2.05) is 0 Å². The van der Waals surface area contributed by atoms with Crippen LogP contribution in [0.2, 0.25) is 0 Å². The van der Waals surface area contributed by atoms with Gasteiger partial charge in [0.05, 0.1) is 6.10 Å². The van der Waals surface area contributed by atoms with E-state index in [9.17, 15) is 0 Å². The molecule has 122 valence electrons. The van der Waals surface area contributed by atoms with E-state index in [1.165, 1.54) is 11.3 Å². The molecule has 1 N–H and O–H groups in total. The molecule has 22 heavy (non-hydrogen) atoms. The number of ether oxygens (including phenoxy) is 1. The molecule has 1 aromatic rings. The quantitative estimate of drug-likeness (QED) is 0.816. The molecule has 1 fully saturated rings. The molecule has 0 aliphatic carbocycles. The maximum absolute atomic E-state index is 5.66. The van der Waals surface area contributed by atoms with E-state index >= 15 is 0 Å². The molecule has 4 heteroatoms. The normalized spacial score (nSPS) is 19.0. The Kier molecular flexibility index (Phi) is 5.34. The van der Waals surface area contributed by atoms with Crippen molar-refractivity contribution in [1.29, 1.82) is 0 Å². The summed E-state index contributed by atoms with van der Waals surface area (Å²) in [7, 11) is 0. The third-order valence-corrected chi connectivity index (χ3v) is 4.55. The first kappa shape index (κ1) is 15.8. The maximum atomic E-state index is 5.66. The highest BCUT2D eigenvalue weighted by molar-refractivity contribution is 5.58. The molecule has 4 nitrogen and oxygen atoms in total. The fourth-order valence-corrected chi connectivity index (χ4v) is 3.44. The minimum atomic E-state index is 0.343. The molecule has 2 aliphatic heterocycles. The van der Waals surface area contributed by atoms with Gasteiger partial charge in [0.15, 0.2) is 0 Å². The Morgan fingerprint density at radius 2 is 2.00 bits per heavy atom. The van der Waals surface area contributed by atoms with Crippen molar-refractivity contribution in [2.45, 2.75) is 39.5 Å². The molecule has 0 bridgehead atoms. The first-order valence-corrected chi connectivity index (χ1v) is 8.64. The van der Waals surface area contributed by atoms with Crippen molar-refractivity contribution >= 4 is 5.69 Å². The molecular formula is C18H29N3O. The molecule has 0 radical (unpaired) electrons. The number of benzene rings is 1. The number of nitrogens with zero attached hydrogens (tertiary/aromatic N) is 2. The van der Waals surface area contributed by atoms with E-state index in [4.69, 9.17) is 4.74 Å². The number of nitrogens with one attached hydrogen (secondary N) is 1. The number of anilines is 1. The smallest absolute Gasteiger partial charge is 0.0518 e. The van der Waals surface area contributed by atoms with Gasteiger partial charge in [-0.25, -0.2) is 0 Å². The molecule has 2 aliphatic rings. The van der Waals surface area contributed by atoms with Crippen LogP contribution in [0.25, 0.3) is 0 Å². The van der Waals surface area contributed by atoms with Gasteiger partial charge in [-0.15, -0.1) is 0 Å². The van der Waals surface area contributed by atoms with Gasteiger partial charge in [-0.1, -0.05) is 12.1 Å². The third-order valence-electron chi connectivity index (χ3n) is 4.55. The Morgan fingerprint density at radius 3 is 2.77 bits per heavy atom. The van der Waals surface area contributed by atoms with Crippen LogP contribution < -0.4 is 10.2 Å². The topological polar surface area (TPSA) is 27.7 Å². The summed E-state index contributed by atoms with van der Waals surface area (Å²) in [5.41, 5.74) is 4.52. The number of rotatable bonds is 6. The average Bonchev–Trinajstić information content (AvgIpc) is 2.95. The van der Waals surface area contributed by atoms with Crippen LogP contribution >= 0.6 is 0 Å². The van der Waals surface area contributed by atoms with Crippen LogP contribution in [0.1, 0.15) is 31.4 Å². The highest BCUT2D eigenvalue weighted by atomic mass is 16.5. The predicted molar refractivity (Wildman–Crippen MR) is 91.3 cm³/mol. The zero-order chi connectivity index (χ0) is 15.4. The van der Waals surface area contributed by atoms with Gasteiger partial charge in [0, 0.05) is 58.1 Å². The average molecular weight is 303 g/mol. The first-order chi connectivity index (χ1) is 10.7. The van der Waals surface area contributed by atoms with Crippen molar-refractivity contribution in [3.05, 3.63) is 29.3 Å². The standard InChI is InChI=1S/C18H29N3O/c1-15(2)22-12-4-9-20-13-16-5-3-6-18(17(16)14-20)21-10-7-19-8-11-21/h3,5-6,15,19H,4,7-14H2,1-2H3. The van der Waals surface area contributed by atoms with Gasteiger partial charge < -0.3 is 15.0 Å². The number of hydrogen-bond acceptors (Lipinski definition) is 4. The Labute approximate surface area is 134 Å². The summed E-state index contributed by atoms with van der Waals surface area (Å²) in [6, 6.07) is 6.82. The molecule has 0 amide bonds. The van der Waals surface area contributed by atoms with E-state index < -0.39 is 0 Å². The van der Waals surface area contributed by atoms with Crippen LogP contribution in [-0.4, -0.2) is 50.3 Å². The Bertz CT molecular complexity index is 483.